The summed E-state index contributed by atoms with van der Waals surface area (Å²) >= 11 is 1.42. The zero-order chi connectivity index (χ0) is 14.1. The van der Waals surface area contributed by atoms with E-state index in [1.54, 1.807) is 6.20 Å². The topological polar surface area (TPSA) is 70.7 Å². The van der Waals surface area contributed by atoms with Crippen molar-refractivity contribution in [2.45, 2.75) is 13.8 Å². The number of hydrogen-bond donors (Lipinski definition) is 2. The standard InChI is InChI=1S/C14H14N4OS/c1-8(2)13(19)18-14-17-11(7-20-14)10-6-16-12-9(10)4-3-5-15-12/h3-8H,1-2H3,(H,15,16)(H,17,18,19). The van der Waals surface area contributed by atoms with Crippen LogP contribution in [0.5, 0.6) is 0 Å². The number of carbonyl (C=O) groups is 1. The van der Waals surface area contributed by atoms with Gasteiger partial charge >= 0.3 is 0 Å². The molecule has 0 aliphatic carbocycles. The summed E-state index contributed by atoms with van der Waals surface area (Å²) in [5, 5.41) is 6.40. The van der Waals surface area contributed by atoms with Crippen molar-refractivity contribution in [2.75, 3.05) is 5.32 Å². The number of aromatic nitrogens is 3. The van der Waals surface area contributed by atoms with Crippen LogP contribution >= 0.6 is 11.3 Å². The predicted molar refractivity (Wildman–Crippen MR) is 80.7 cm³/mol. The average Bonchev–Trinajstić information content (AvgIpc) is 3.04. The molecule has 3 heterocycles. The fraction of sp³-hybridized carbons (Fsp3) is 0.214. The molecule has 3 aromatic heterocycles. The van der Waals surface area contributed by atoms with Gasteiger partial charge in [0.25, 0.3) is 0 Å². The first-order valence-corrected chi connectivity index (χ1v) is 7.22. The summed E-state index contributed by atoms with van der Waals surface area (Å²) in [4.78, 5) is 23.5. The van der Waals surface area contributed by atoms with E-state index in [9.17, 15) is 4.79 Å². The number of nitrogens with one attached hydrogen (secondary N) is 2. The van der Waals surface area contributed by atoms with Gasteiger partial charge in [-0.1, -0.05) is 13.8 Å². The van der Waals surface area contributed by atoms with Crippen LogP contribution in [0.2, 0.25) is 0 Å². The molecule has 0 atom stereocenters. The molecule has 2 N–H and O–H groups in total. The molecule has 0 unspecified atom stereocenters. The van der Waals surface area contributed by atoms with Gasteiger partial charge in [0.1, 0.15) is 5.65 Å². The SMILES string of the molecule is CC(C)C(=O)Nc1nc(-c2c[nH]c3ncccc23)cs1. The zero-order valence-corrected chi connectivity index (χ0v) is 12.0. The van der Waals surface area contributed by atoms with Crippen molar-refractivity contribution >= 4 is 33.4 Å². The minimum atomic E-state index is -0.0559. The van der Waals surface area contributed by atoms with E-state index in [1.165, 1.54) is 11.3 Å². The van der Waals surface area contributed by atoms with Gasteiger partial charge in [-0.3, -0.25) is 4.79 Å². The van der Waals surface area contributed by atoms with E-state index in [0.717, 1.165) is 22.3 Å². The molecule has 0 spiro atoms. The summed E-state index contributed by atoms with van der Waals surface area (Å²) in [5.74, 6) is -0.0777. The Morgan fingerprint density at radius 3 is 3.10 bits per heavy atom. The quantitative estimate of drug-likeness (QED) is 0.776. The number of aromatic amines is 1. The van der Waals surface area contributed by atoms with Crippen LogP contribution in [-0.2, 0) is 4.79 Å². The van der Waals surface area contributed by atoms with Crippen molar-refractivity contribution in [1.29, 1.82) is 0 Å². The van der Waals surface area contributed by atoms with Crippen molar-refractivity contribution in [1.82, 2.24) is 15.0 Å². The maximum absolute atomic E-state index is 11.7. The number of H-pyrrole nitrogens is 1. The Bertz CT molecular complexity index is 759. The molecule has 1 amide bonds. The Hall–Kier alpha value is -2.21. The predicted octanol–water partition coefficient (Wildman–Crippen LogP) is 3.28. The Balaban J connectivity index is 1.92. The lowest BCUT2D eigenvalue weighted by Crippen LogP contribution is -2.17. The molecule has 0 fully saturated rings. The van der Waals surface area contributed by atoms with Crippen LogP contribution in [0, 0.1) is 5.92 Å². The molecule has 6 heteroatoms. The Kier molecular flexibility index (Phi) is 3.23. The van der Waals surface area contributed by atoms with Gasteiger partial charge in [-0.25, -0.2) is 9.97 Å². The van der Waals surface area contributed by atoms with Crippen molar-refractivity contribution in [3.63, 3.8) is 0 Å². The molecule has 0 saturated heterocycles. The molecule has 0 radical (unpaired) electrons. The molecule has 0 bridgehead atoms. The number of fused-ring (bicyclic) bond motifs is 1. The van der Waals surface area contributed by atoms with Crippen LogP contribution in [-0.4, -0.2) is 20.9 Å². The lowest BCUT2D eigenvalue weighted by atomic mass is 10.2. The summed E-state index contributed by atoms with van der Waals surface area (Å²) in [6.45, 7) is 3.71. The van der Waals surface area contributed by atoms with E-state index in [0.29, 0.717) is 5.13 Å². The third-order valence-electron chi connectivity index (χ3n) is 2.99. The Morgan fingerprint density at radius 1 is 1.45 bits per heavy atom. The third kappa shape index (κ3) is 2.30. The Morgan fingerprint density at radius 2 is 2.30 bits per heavy atom. The highest BCUT2D eigenvalue weighted by atomic mass is 32.1. The van der Waals surface area contributed by atoms with Crippen LogP contribution in [0.15, 0.2) is 29.9 Å². The smallest absolute Gasteiger partial charge is 0.228 e. The maximum atomic E-state index is 11.7. The van der Waals surface area contributed by atoms with Crippen LogP contribution in [0.3, 0.4) is 0 Å². The molecule has 0 aromatic carbocycles. The van der Waals surface area contributed by atoms with Gasteiger partial charge in [-0.15, -0.1) is 11.3 Å². The van der Waals surface area contributed by atoms with Crippen molar-refractivity contribution in [3.05, 3.63) is 29.9 Å². The monoisotopic (exact) mass is 286 g/mol. The lowest BCUT2D eigenvalue weighted by molar-refractivity contribution is -0.118. The first-order valence-electron chi connectivity index (χ1n) is 6.34. The average molecular weight is 286 g/mol. The van der Waals surface area contributed by atoms with Crippen LogP contribution in [0.25, 0.3) is 22.3 Å². The first-order chi connectivity index (χ1) is 9.65. The number of carbonyl (C=O) groups excluding carboxylic acids is 1. The molecule has 3 rings (SSSR count). The molecule has 0 saturated carbocycles. The highest BCUT2D eigenvalue weighted by Crippen LogP contribution is 2.30. The van der Waals surface area contributed by atoms with E-state index >= 15 is 0 Å². The van der Waals surface area contributed by atoms with Gasteiger partial charge in [0.05, 0.1) is 5.69 Å². The fourth-order valence-corrected chi connectivity index (χ4v) is 2.59. The van der Waals surface area contributed by atoms with E-state index < -0.39 is 0 Å². The number of thiazole rings is 1. The van der Waals surface area contributed by atoms with E-state index in [1.807, 2.05) is 37.6 Å². The van der Waals surface area contributed by atoms with Crippen LogP contribution < -0.4 is 5.32 Å². The summed E-state index contributed by atoms with van der Waals surface area (Å²) in [6, 6.07) is 3.90. The first kappa shape index (κ1) is 12.8. The molecular weight excluding hydrogens is 272 g/mol. The lowest BCUT2D eigenvalue weighted by Gasteiger charge is -2.03. The maximum Gasteiger partial charge on any atom is 0.228 e. The second-order valence-corrected chi connectivity index (χ2v) is 5.64. The number of nitrogens with zero attached hydrogens (tertiary/aromatic N) is 2. The Labute approximate surface area is 120 Å². The van der Waals surface area contributed by atoms with Crippen molar-refractivity contribution in [2.24, 2.45) is 5.92 Å². The number of amides is 1. The number of hydrogen-bond acceptors (Lipinski definition) is 4. The highest BCUT2D eigenvalue weighted by Gasteiger charge is 2.13. The van der Waals surface area contributed by atoms with E-state index in [-0.39, 0.29) is 11.8 Å². The summed E-state index contributed by atoms with van der Waals surface area (Å²) < 4.78 is 0. The van der Waals surface area contributed by atoms with Crippen LogP contribution in [0.1, 0.15) is 13.8 Å². The minimum absolute atomic E-state index is 0.0218. The number of anilines is 1. The highest BCUT2D eigenvalue weighted by molar-refractivity contribution is 7.14. The second-order valence-electron chi connectivity index (χ2n) is 4.78. The molecule has 20 heavy (non-hydrogen) atoms. The van der Waals surface area contributed by atoms with E-state index in [2.05, 4.69) is 20.3 Å². The molecule has 0 aliphatic rings. The van der Waals surface area contributed by atoms with Gasteiger partial charge in [-0.2, -0.15) is 0 Å². The van der Waals surface area contributed by atoms with Gasteiger partial charge in [0.15, 0.2) is 5.13 Å². The molecular formula is C14H14N4OS. The summed E-state index contributed by atoms with van der Waals surface area (Å²) in [7, 11) is 0. The summed E-state index contributed by atoms with van der Waals surface area (Å²) in [5.41, 5.74) is 2.67. The van der Waals surface area contributed by atoms with Gasteiger partial charge < -0.3 is 10.3 Å². The fourth-order valence-electron chi connectivity index (χ4n) is 1.87. The normalized spacial score (nSPS) is 11.2. The van der Waals surface area contributed by atoms with Gasteiger partial charge in [-0.05, 0) is 12.1 Å². The van der Waals surface area contributed by atoms with Crippen molar-refractivity contribution in [3.8, 4) is 11.3 Å². The molecule has 5 nitrogen and oxygen atoms in total. The number of rotatable bonds is 3. The van der Waals surface area contributed by atoms with Crippen LogP contribution in [0.4, 0.5) is 5.13 Å². The third-order valence-corrected chi connectivity index (χ3v) is 3.74. The molecule has 3 aromatic rings. The molecule has 0 aliphatic heterocycles. The van der Waals surface area contributed by atoms with Crippen molar-refractivity contribution < 1.29 is 4.79 Å². The number of pyridine rings is 1. The minimum Gasteiger partial charge on any atom is -0.345 e. The van der Waals surface area contributed by atoms with E-state index in [4.69, 9.17) is 0 Å². The second kappa shape index (κ2) is 5.05. The summed E-state index contributed by atoms with van der Waals surface area (Å²) in [6.07, 6.45) is 3.64. The zero-order valence-electron chi connectivity index (χ0n) is 11.2. The van der Waals surface area contributed by atoms with Gasteiger partial charge in [0.2, 0.25) is 5.91 Å². The largest absolute Gasteiger partial charge is 0.345 e. The molecule has 102 valence electrons. The van der Waals surface area contributed by atoms with Gasteiger partial charge in [0, 0.05) is 34.6 Å².